The minimum absolute atomic E-state index is 0.139. The summed E-state index contributed by atoms with van der Waals surface area (Å²) in [5, 5.41) is 0.546. The molecule has 0 radical (unpaired) electrons. The highest BCUT2D eigenvalue weighted by Gasteiger charge is 2.24. The number of sulfone groups is 1. The minimum Gasteiger partial charge on any atom is -0.328 e. The summed E-state index contributed by atoms with van der Waals surface area (Å²) >= 11 is 5.79. The lowest BCUT2D eigenvalue weighted by Gasteiger charge is -2.34. The first kappa shape index (κ1) is 16.7. The molecule has 1 aromatic carbocycles. The summed E-state index contributed by atoms with van der Waals surface area (Å²) in [7, 11) is -3.25. The maximum Gasteiger partial charge on any atom is 0.179 e. The van der Waals surface area contributed by atoms with Crippen molar-refractivity contribution in [3.05, 3.63) is 29.3 Å². The third-order valence-electron chi connectivity index (χ3n) is 4.13. The number of likely N-dealkylation sites (tertiary alicyclic amines) is 1. The predicted octanol–water partition coefficient (Wildman–Crippen LogP) is 2.17. The quantitative estimate of drug-likeness (QED) is 0.898. The van der Waals surface area contributed by atoms with E-state index in [9.17, 15) is 8.42 Å². The molecule has 2 atom stereocenters. The summed E-state index contributed by atoms with van der Waals surface area (Å²) in [6, 6.07) is 6.53. The Labute approximate surface area is 132 Å². The van der Waals surface area contributed by atoms with Crippen LogP contribution < -0.4 is 5.73 Å². The summed E-state index contributed by atoms with van der Waals surface area (Å²) in [5.74, 6) is 0.609. The summed E-state index contributed by atoms with van der Waals surface area (Å²) in [5.41, 5.74) is 5.96. The summed E-state index contributed by atoms with van der Waals surface area (Å²) in [6.07, 6.45) is 2.23. The van der Waals surface area contributed by atoms with Crippen LogP contribution in [0.1, 0.15) is 19.8 Å². The van der Waals surface area contributed by atoms with Gasteiger partial charge in [0.1, 0.15) is 0 Å². The molecule has 118 valence electrons. The van der Waals surface area contributed by atoms with Gasteiger partial charge in [0.25, 0.3) is 0 Å². The highest BCUT2D eigenvalue weighted by Crippen LogP contribution is 2.20. The van der Waals surface area contributed by atoms with Crippen molar-refractivity contribution in [2.75, 3.05) is 25.4 Å². The van der Waals surface area contributed by atoms with E-state index in [0.29, 0.717) is 22.4 Å². The lowest BCUT2D eigenvalue weighted by Crippen LogP contribution is -2.43. The van der Waals surface area contributed by atoms with E-state index in [-0.39, 0.29) is 11.8 Å². The molecule has 1 aromatic rings. The van der Waals surface area contributed by atoms with Gasteiger partial charge in [0.05, 0.1) is 10.6 Å². The smallest absolute Gasteiger partial charge is 0.179 e. The van der Waals surface area contributed by atoms with Crippen LogP contribution in [0, 0.1) is 5.92 Å². The Bertz CT molecular complexity index is 558. The molecule has 0 aliphatic carbocycles. The second-order valence-electron chi connectivity index (χ2n) is 5.83. The molecule has 0 spiro atoms. The van der Waals surface area contributed by atoms with Gasteiger partial charge in [-0.2, -0.15) is 0 Å². The second kappa shape index (κ2) is 7.09. The zero-order chi connectivity index (χ0) is 15.5. The van der Waals surface area contributed by atoms with Gasteiger partial charge < -0.3 is 10.6 Å². The van der Waals surface area contributed by atoms with Crippen molar-refractivity contribution in [3.8, 4) is 0 Å². The zero-order valence-electron chi connectivity index (χ0n) is 12.3. The van der Waals surface area contributed by atoms with Crippen molar-refractivity contribution < 1.29 is 8.42 Å². The predicted molar refractivity (Wildman–Crippen MR) is 86.3 cm³/mol. The van der Waals surface area contributed by atoms with Crippen molar-refractivity contribution in [1.29, 1.82) is 0 Å². The minimum atomic E-state index is -3.25. The van der Waals surface area contributed by atoms with E-state index >= 15 is 0 Å². The van der Waals surface area contributed by atoms with Gasteiger partial charge in [0.15, 0.2) is 9.84 Å². The molecule has 1 saturated heterocycles. The molecule has 21 heavy (non-hydrogen) atoms. The van der Waals surface area contributed by atoms with E-state index in [1.165, 1.54) is 0 Å². The van der Waals surface area contributed by atoms with Crippen molar-refractivity contribution >= 4 is 21.4 Å². The van der Waals surface area contributed by atoms with Crippen LogP contribution in [0.15, 0.2) is 29.2 Å². The number of piperidine rings is 1. The number of halogens is 1. The number of hydrogen-bond acceptors (Lipinski definition) is 4. The average molecular weight is 331 g/mol. The fourth-order valence-electron chi connectivity index (χ4n) is 2.73. The average Bonchev–Trinajstić information content (AvgIpc) is 2.46. The summed E-state index contributed by atoms with van der Waals surface area (Å²) in [4.78, 5) is 2.55. The topological polar surface area (TPSA) is 63.4 Å². The van der Waals surface area contributed by atoms with Crippen molar-refractivity contribution in [3.63, 3.8) is 0 Å². The highest BCUT2D eigenvalue weighted by molar-refractivity contribution is 7.91. The molecule has 1 aliphatic rings. The fraction of sp³-hybridized carbons (Fsp3) is 0.600. The molecular weight excluding hydrogens is 308 g/mol. The van der Waals surface area contributed by atoms with Gasteiger partial charge >= 0.3 is 0 Å². The van der Waals surface area contributed by atoms with Gasteiger partial charge in [-0.15, -0.1) is 0 Å². The Morgan fingerprint density at radius 3 is 2.67 bits per heavy atom. The second-order valence-corrected chi connectivity index (χ2v) is 8.38. The van der Waals surface area contributed by atoms with Crippen LogP contribution in [0.2, 0.25) is 5.02 Å². The molecule has 0 aromatic heterocycles. The Morgan fingerprint density at radius 1 is 1.38 bits per heavy atom. The van der Waals surface area contributed by atoms with Gasteiger partial charge in [0.2, 0.25) is 0 Å². The molecule has 4 nitrogen and oxygen atoms in total. The van der Waals surface area contributed by atoms with Crippen LogP contribution >= 0.6 is 11.6 Å². The fourth-order valence-corrected chi connectivity index (χ4v) is 4.14. The van der Waals surface area contributed by atoms with E-state index in [1.807, 2.05) is 6.92 Å². The van der Waals surface area contributed by atoms with Gasteiger partial charge in [-0.3, -0.25) is 0 Å². The monoisotopic (exact) mass is 330 g/mol. The van der Waals surface area contributed by atoms with Crippen LogP contribution in [0.25, 0.3) is 0 Å². The normalized spacial score (nSPS) is 22.1. The molecule has 1 aliphatic heterocycles. The first-order chi connectivity index (χ1) is 9.88. The van der Waals surface area contributed by atoms with E-state index in [2.05, 4.69) is 4.90 Å². The van der Waals surface area contributed by atoms with Crippen LogP contribution in [-0.4, -0.2) is 44.7 Å². The first-order valence-electron chi connectivity index (χ1n) is 7.35. The van der Waals surface area contributed by atoms with Gasteiger partial charge in [-0.05, 0) is 56.5 Å². The maximum atomic E-state index is 12.3. The van der Waals surface area contributed by atoms with Gasteiger partial charge in [0, 0.05) is 24.2 Å². The molecule has 2 rings (SSSR count). The van der Waals surface area contributed by atoms with Gasteiger partial charge in [-0.1, -0.05) is 11.6 Å². The Kier molecular flexibility index (Phi) is 5.66. The molecule has 0 saturated carbocycles. The first-order valence-corrected chi connectivity index (χ1v) is 9.38. The Balaban J connectivity index is 1.94. The molecule has 1 fully saturated rings. The van der Waals surface area contributed by atoms with Crippen molar-refractivity contribution in [1.82, 2.24) is 4.90 Å². The zero-order valence-corrected chi connectivity index (χ0v) is 13.9. The van der Waals surface area contributed by atoms with E-state index in [0.717, 1.165) is 25.9 Å². The number of nitrogens with zero attached hydrogens (tertiary/aromatic N) is 1. The molecule has 2 unspecified atom stereocenters. The molecular formula is C15H23ClN2O2S. The highest BCUT2D eigenvalue weighted by atomic mass is 35.5. The number of nitrogens with two attached hydrogens (primary N) is 1. The number of hydrogen-bond donors (Lipinski definition) is 1. The Hall–Kier alpha value is -0.620. The SMILES string of the molecule is CC(N)C1CCCN(CCS(=O)(=O)c2ccc(Cl)cc2)C1. The largest absolute Gasteiger partial charge is 0.328 e. The van der Waals surface area contributed by atoms with Gasteiger partial charge in [-0.25, -0.2) is 8.42 Å². The number of rotatable bonds is 5. The lowest BCUT2D eigenvalue weighted by molar-refractivity contribution is 0.169. The molecule has 0 amide bonds. The molecule has 2 N–H and O–H groups in total. The van der Waals surface area contributed by atoms with Crippen molar-refractivity contribution in [2.24, 2.45) is 11.7 Å². The summed E-state index contributed by atoms with van der Waals surface area (Å²) in [6.45, 7) is 4.44. The van der Waals surface area contributed by atoms with Crippen LogP contribution in [0.3, 0.4) is 0 Å². The standard InChI is InChI=1S/C15H23ClN2O2S/c1-12(17)13-3-2-8-18(11-13)9-10-21(19,20)15-6-4-14(16)5-7-15/h4-7,12-13H,2-3,8-11,17H2,1H3. The third-order valence-corrected chi connectivity index (χ3v) is 6.10. The van der Waals surface area contributed by atoms with Crippen LogP contribution in [0.5, 0.6) is 0 Å². The van der Waals surface area contributed by atoms with E-state index in [4.69, 9.17) is 17.3 Å². The summed E-state index contributed by atoms with van der Waals surface area (Å²) < 4.78 is 24.6. The van der Waals surface area contributed by atoms with Crippen molar-refractivity contribution in [2.45, 2.75) is 30.7 Å². The lowest BCUT2D eigenvalue weighted by atomic mass is 9.92. The molecule has 6 heteroatoms. The molecule has 1 heterocycles. The third kappa shape index (κ3) is 4.68. The molecule has 0 bridgehead atoms. The number of benzene rings is 1. The Morgan fingerprint density at radius 2 is 2.05 bits per heavy atom. The van der Waals surface area contributed by atoms with Crippen LogP contribution in [0.4, 0.5) is 0 Å². The van der Waals surface area contributed by atoms with Crippen LogP contribution in [-0.2, 0) is 9.84 Å². The van der Waals surface area contributed by atoms with E-state index < -0.39 is 9.84 Å². The maximum absolute atomic E-state index is 12.3. The van der Waals surface area contributed by atoms with E-state index in [1.54, 1.807) is 24.3 Å².